The van der Waals surface area contributed by atoms with E-state index in [9.17, 15) is 9.18 Å². The number of aryl methyl sites for hydroxylation is 2. The molecule has 1 fully saturated rings. The first-order valence-electron chi connectivity index (χ1n) is 9.85. The maximum Gasteiger partial charge on any atom is 0.242 e. The SMILES string of the molecule is COc1ccc(-c2nc(CN3CCNC(=O)[C@@H]3c3ccc(F)cc3)c(C)o2)cc1C. The van der Waals surface area contributed by atoms with Crippen molar-refractivity contribution in [3.8, 4) is 17.2 Å². The zero-order chi connectivity index (χ0) is 21.3. The second kappa shape index (κ2) is 8.28. The van der Waals surface area contributed by atoms with E-state index in [0.717, 1.165) is 28.1 Å². The van der Waals surface area contributed by atoms with Gasteiger partial charge in [0, 0.05) is 25.2 Å². The quantitative estimate of drug-likeness (QED) is 0.695. The van der Waals surface area contributed by atoms with Crippen molar-refractivity contribution in [2.75, 3.05) is 20.2 Å². The fourth-order valence-corrected chi connectivity index (χ4v) is 3.79. The molecule has 0 unspecified atom stereocenters. The average molecular weight is 409 g/mol. The lowest BCUT2D eigenvalue weighted by atomic mass is 10.0. The van der Waals surface area contributed by atoms with Crippen molar-refractivity contribution in [1.29, 1.82) is 0 Å². The molecule has 1 saturated heterocycles. The molecule has 4 rings (SSSR count). The van der Waals surface area contributed by atoms with Gasteiger partial charge in [-0.2, -0.15) is 0 Å². The van der Waals surface area contributed by atoms with Crippen LogP contribution in [0.15, 0.2) is 46.9 Å². The number of halogens is 1. The number of hydrogen-bond donors (Lipinski definition) is 1. The van der Waals surface area contributed by atoms with Gasteiger partial charge in [0.2, 0.25) is 11.8 Å². The van der Waals surface area contributed by atoms with E-state index in [1.165, 1.54) is 12.1 Å². The number of nitrogens with zero attached hydrogens (tertiary/aromatic N) is 2. The Bertz CT molecular complexity index is 1060. The molecule has 1 amide bonds. The van der Waals surface area contributed by atoms with E-state index in [-0.39, 0.29) is 11.7 Å². The number of carbonyl (C=O) groups excluding carboxylic acids is 1. The summed E-state index contributed by atoms with van der Waals surface area (Å²) in [5.74, 6) is 1.63. The Morgan fingerprint density at radius 3 is 2.70 bits per heavy atom. The maximum atomic E-state index is 13.3. The smallest absolute Gasteiger partial charge is 0.242 e. The molecular formula is C23H24FN3O3. The molecule has 2 heterocycles. The van der Waals surface area contributed by atoms with Crippen LogP contribution in [0.4, 0.5) is 4.39 Å². The Hall–Kier alpha value is -3.19. The van der Waals surface area contributed by atoms with E-state index in [2.05, 4.69) is 5.32 Å². The number of methoxy groups -OCH3 is 1. The number of hydrogen-bond acceptors (Lipinski definition) is 5. The van der Waals surface area contributed by atoms with Gasteiger partial charge in [0.15, 0.2) is 0 Å². The molecule has 0 aliphatic carbocycles. The lowest BCUT2D eigenvalue weighted by Crippen LogP contribution is -2.49. The molecule has 3 aromatic rings. The van der Waals surface area contributed by atoms with Crippen LogP contribution in [-0.2, 0) is 11.3 Å². The first-order valence-corrected chi connectivity index (χ1v) is 9.85. The Balaban J connectivity index is 1.60. The minimum atomic E-state index is -0.498. The average Bonchev–Trinajstić information content (AvgIpc) is 3.09. The van der Waals surface area contributed by atoms with E-state index < -0.39 is 6.04 Å². The Morgan fingerprint density at radius 1 is 1.23 bits per heavy atom. The second-order valence-electron chi connectivity index (χ2n) is 7.42. The number of oxazole rings is 1. The van der Waals surface area contributed by atoms with Crippen molar-refractivity contribution < 1.29 is 18.3 Å². The Morgan fingerprint density at radius 2 is 2.00 bits per heavy atom. The van der Waals surface area contributed by atoms with Gasteiger partial charge in [-0.1, -0.05) is 12.1 Å². The molecule has 0 saturated carbocycles. The molecular weight excluding hydrogens is 385 g/mol. The van der Waals surface area contributed by atoms with E-state index in [1.807, 2.05) is 36.9 Å². The molecule has 1 aliphatic heterocycles. The van der Waals surface area contributed by atoms with E-state index in [4.69, 9.17) is 14.1 Å². The van der Waals surface area contributed by atoms with Gasteiger partial charge in [0.25, 0.3) is 0 Å². The molecule has 30 heavy (non-hydrogen) atoms. The largest absolute Gasteiger partial charge is 0.496 e. The number of rotatable bonds is 5. The summed E-state index contributed by atoms with van der Waals surface area (Å²) in [4.78, 5) is 19.3. The third-order valence-electron chi connectivity index (χ3n) is 5.38. The zero-order valence-corrected chi connectivity index (χ0v) is 17.2. The van der Waals surface area contributed by atoms with Crippen LogP contribution >= 0.6 is 0 Å². The molecule has 7 heteroatoms. The molecule has 0 spiro atoms. The van der Waals surface area contributed by atoms with Crippen molar-refractivity contribution in [2.45, 2.75) is 26.4 Å². The van der Waals surface area contributed by atoms with Crippen LogP contribution in [0, 0.1) is 19.7 Å². The van der Waals surface area contributed by atoms with Gasteiger partial charge in [0.1, 0.15) is 23.4 Å². The van der Waals surface area contributed by atoms with Gasteiger partial charge in [-0.25, -0.2) is 9.37 Å². The minimum Gasteiger partial charge on any atom is -0.496 e. The number of aromatic nitrogens is 1. The van der Waals surface area contributed by atoms with Gasteiger partial charge in [-0.3, -0.25) is 9.69 Å². The molecule has 1 aliphatic rings. The van der Waals surface area contributed by atoms with E-state index in [1.54, 1.807) is 19.2 Å². The van der Waals surface area contributed by atoms with Gasteiger partial charge >= 0.3 is 0 Å². The summed E-state index contributed by atoms with van der Waals surface area (Å²) in [6.07, 6.45) is 0. The van der Waals surface area contributed by atoms with Gasteiger partial charge < -0.3 is 14.5 Å². The summed E-state index contributed by atoms with van der Waals surface area (Å²) in [6, 6.07) is 11.3. The fraction of sp³-hybridized carbons (Fsp3) is 0.304. The number of piperazine rings is 1. The predicted octanol–water partition coefficient (Wildman–Crippen LogP) is 3.78. The normalized spacial score (nSPS) is 17.1. The number of ether oxygens (including phenoxy) is 1. The van der Waals surface area contributed by atoms with Gasteiger partial charge in [-0.05, 0) is 55.3 Å². The predicted molar refractivity (Wildman–Crippen MR) is 111 cm³/mol. The third kappa shape index (κ3) is 3.93. The second-order valence-corrected chi connectivity index (χ2v) is 7.42. The van der Waals surface area contributed by atoms with E-state index >= 15 is 0 Å². The van der Waals surface area contributed by atoms with Crippen LogP contribution in [0.25, 0.3) is 11.5 Å². The molecule has 2 aromatic carbocycles. The molecule has 0 bridgehead atoms. The van der Waals surface area contributed by atoms with Crippen LogP contribution in [0.2, 0.25) is 0 Å². The molecule has 1 aromatic heterocycles. The number of benzene rings is 2. The number of carbonyl (C=O) groups is 1. The summed E-state index contributed by atoms with van der Waals surface area (Å²) >= 11 is 0. The maximum absolute atomic E-state index is 13.3. The zero-order valence-electron chi connectivity index (χ0n) is 17.2. The van der Waals surface area contributed by atoms with Crippen molar-refractivity contribution in [2.24, 2.45) is 0 Å². The fourth-order valence-electron chi connectivity index (χ4n) is 3.79. The topological polar surface area (TPSA) is 67.6 Å². The number of amides is 1. The molecule has 1 N–H and O–H groups in total. The van der Waals surface area contributed by atoms with Crippen LogP contribution in [0.3, 0.4) is 0 Å². The summed E-state index contributed by atoms with van der Waals surface area (Å²) in [6.45, 7) is 5.52. The van der Waals surface area contributed by atoms with E-state index in [0.29, 0.717) is 31.3 Å². The molecule has 0 radical (unpaired) electrons. The highest BCUT2D eigenvalue weighted by atomic mass is 19.1. The van der Waals surface area contributed by atoms with Crippen molar-refractivity contribution in [3.63, 3.8) is 0 Å². The van der Waals surface area contributed by atoms with Crippen LogP contribution in [-0.4, -0.2) is 36.0 Å². The standard InChI is InChI=1S/C23H24FN3O3/c1-14-12-17(6-9-20(14)29-3)23-26-19(15(2)30-23)13-27-11-10-25-22(28)21(27)16-4-7-18(24)8-5-16/h4-9,12,21H,10-11,13H2,1-3H3,(H,25,28)/t21-/m0/s1. The van der Waals surface area contributed by atoms with Gasteiger partial charge in [-0.15, -0.1) is 0 Å². The van der Waals surface area contributed by atoms with Crippen LogP contribution < -0.4 is 10.1 Å². The highest BCUT2D eigenvalue weighted by Crippen LogP contribution is 2.30. The summed E-state index contributed by atoms with van der Waals surface area (Å²) in [5.41, 5.74) is 3.40. The highest BCUT2D eigenvalue weighted by Gasteiger charge is 2.32. The first-order chi connectivity index (χ1) is 14.5. The monoisotopic (exact) mass is 409 g/mol. The summed E-state index contributed by atoms with van der Waals surface area (Å²) in [5, 5.41) is 2.89. The number of nitrogens with one attached hydrogen (secondary N) is 1. The lowest BCUT2D eigenvalue weighted by molar-refractivity contribution is -0.129. The summed E-state index contributed by atoms with van der Waals surface area (Å²) in [7, 11) is 1.64. The van der Waals surface area contributed by atoms with Crippen molar-refractivity contribution >= 4 is 5.91 Å². The Kier molecular flexibility index (Phi) is 5.55. The lowest BCUT2D eigenvalue weighted by Gasteiger charge is -2.34. The molecule has 156 valence electrons. The summed E-state index contributed by atoms with van der Waals surface area (Å²) < 4.78 is 24.6. The third-order valence-corrected chi connectivity index (χ3v) is 5.38. The Labute approximate surface area is 174 Å². The van der Waals surface area contributed by atoms with Crippen LogP contribution in [0.1, 0.15) is 28.6 Å². The highest BCUT2D eigenvalue weighted by molar-refractivity contribution is 5.83. The first kappa shape index (κ1) is 20.1. The van der Waals surface area contributed by atoms with Crippen LogP contribution in [0.5, 0.6) is 5.75 Å². The molecule has 1 atom stereocenters. The van der Waals surface area contributed by atoms with Crippen molar-refractivity contribution in [1.82, 2.24) is 15.2 Å². The molecule has 6 nitrogen and oxygen atoms in total. The van der Waals surface area contributed by atoms with Gasteiger partial charge in [0.05, 0.1) is 12.8 Å². The minimum absolute atomic E-state index is 0.0972. The van der Waals surface area contributed by atoms with Crippen molar-refractivity contribution in [3.05, 3.63) is 70.9 Å².